The number of furan rings is 1. The summed E-state index contributed by atoms with van der Waals surface area (Å²) in [5.74, 6) is 0.0135. The Balaban J connectivity index is 1.80. The summed E-state index contributed by atoms with van der Waals surface area (Å²) in [5.41, 5.74) is 1.44. The van der Waals surface area contributed by atoms with Crippen molar-refractivity contribution in [2.75, 3.05) is 7.05 Å². The first-order valence-corrected chi connectivity index (χ1v) is 8.76. The maximum atomic E-state index is 12.8. The highest BCUT2D eigenvalue weighted by molar-refractivity contribution is 5.92. The molecule has 7 nitrogen and oxygen atoms in total. The molecule has 1 aliphatic rings. The number of amides is 1. The third-order valence-corrected chi connectivity index (χ3v) is 4.53. The largest absolute Gasteiger partial charge is 0.478 e. The molecule has 1 amide bonds. The van der Waals surface area contributed by atoms with Gasteiger partial charge in [-0.15, -0.1) is 0 Å². The van der Waals surface area contributed by atoms with Gasteiger partial charge in [-0.1, -0.05) is 0 Å². The van der Waals surface area contributed by atoms with Crippen LogP contribution < -0.4 is 0 Å². The Morgan fingerprint density at radius 3 is 2.50 bits per heavy atom. The van der Waals surface area contributed by atoms with Gasteiger partial charge >= 0.3 is 5.97 Å². The third-order valence-electron chi connectivity index (χ3n) is 4.53. The zero-order valence-corrected chi connectivity index (χ0v) is 15.9. The molecule has 0 bridgehead atoms. The minimum atomic E-state index is -1.04. The van der Waals surface area contributed by atoms with Crippen LogP contribution in [0.25, 0.3) is 0 Å². The number of carbonyl (C=O) groups is 2. The Kier molecular flexibility index (Phi) is 4.42. The van der Waals surface area contributed by atoms with Crippen LogP contribution in [0.2, 0.25) is 0 Å². The molecule has 0 atom stereocenters. The van der Waals surface area contributed by atoms with Crippen LogP contribution in [0, 0.1) is 6.92 Å². The Morgan fingerprint density at radius 2 is 2.00 bits per heavy atom. The molecule has 1 fully saturated rings. The molecule has 0 unspecified atom stereocenters. The smallest absolute Gasteiger partial charge is 0.339 e. The van der Waals surface area contributed by atoms with Crippen molar-refractivity contribution in [2.24, 2.45) is 0 Å². The fourth-order valence-electron chi connectivity index (χ4n) is 3.04. The topological polar surface area (TPSA) is 88.6 Å². The Morgan fingerprint density at radius 1 is 1.35 bits per heavy atom. The lowest BCUT2D eigenvalue weighted by atomic mass is 10.1. The standard InChI is InChI=1S/C19H25N3O4/c1-11-14(18(24)25)8-13(26-11)10-21(5)17(23)15-9-16(12-6-7-12)22(20-15)19(2,3)4/h8-9,12H,6-7,10H2,1-5H3,(H,24,25). The van der Waals surface area contributed by atoms with E-state index in [0.29, 0.717) is 23.1 Å². The Hall–Kier alpha value is -2.57. The number of aryl methyl sites for hydroxylation is 1. The van der Waals surface area contributed by atoms with Crippen molar-refractivity contribution in [1.29, 1.82) is 0 Å². The summed E-state index contributed by atoms with van der Waals surface area (Å²) < 4.78 is 7.41. The van der Waals surface area contributed by atoms with Crippen LogP contribution in [-0.4, -0.2) is 38.7 Å². The minimum absolute atomic E-state index is 0.119. The molecule has 0 radical (unpaired) electrons. The van der Waals surface area contributed by atoms with Crippen molar-refractivity contribution < 1.29 is 19.1 Å². The van der Waals surface area contributed by atoms with E-state index >= 15 is 0 Å². The van der Waals surface area contributed by atoms with Gasteiger partial charge in [0.2, 0.25) is 0 Å². The van der Waals surface area contributed by atoms with E-state index in [4.69, 9.17) is 9.52 Å². The van der Waals surface area contributed by atoms with Gasteiger partial charge in [-0.05, 0) is 52.7 Å². The van der Waals surface area contributed by atoms with E-state index in [9.17, 15) is 9.59 Å². The molecule has 2 aromatic heterocycles. The Labute approximate surface area is 152 Å². The summed E-state index contributed by atoms with van der Waals surface area (Å²) in [6.07, 6.45) is 2.27. The minimum Gasteiger partial charge on any atom is -0.478 e. The van der Waals surface area contributed by atoms with Crippen molar-refractivity contribution in [2.45, 2.75) is 58.5 Å². The molecule has 1 saturated carbocycles. The first kappa shape index (κ1) is 18.2. The molecule has 3 rings (SSSR count). The molecule has 0 spiro atoms. The van der Waals surface area contributed by atoms with Gasteiger partial charge in [-0.2, -0.15) is 5.10 Å². The van der Waals surface area contributed by atoms with E-state index in [-0.39, 0.29) is 23.6 Å². The van der Waals surface area contributed by atoms with Gasteiger partial charge in [-0.25, -0.2) is 4.79 Å². The highest BCUT2D eigenvalue weighted by Gasteiger charge is 2.33. The van der Waals surface area contributed by atoms with E-state index in [0.717, 1.165) is 18.5 Å². The molecule has 1 N–H and O–H groups in total. The predicted octanol–water partition coefficient (Wildman–Crippen LogP) is 3.39. The van der Waals surface area contributed by atoms with Crippen molar-refractivity contribution in [3.8, 4) is 0 Å². The monoisotopic (exact) mass is 359 g/mol. The first-order valence-electron chi connectivity index (χ1n) is 8.76. The summed E-state index contributed by atoms with van der Waals surface area (Å²) in [6.45, 7) is 8.00. The predicted molar refractivity (Wildman–Crippen MR) is 95.4 cm³/mol. The number of carboxylic acid groups (broad SMARTS) is 1. The first-order chi connectivity index (χ1) is 12.1. The van der Waals surface area contributed by atoms with Gasteiger partial charge in [0.25, 0.3) is 5.91 Å². The molecule has 0 aliphatic heterocycles. The normalized spacial score (nSPS) is 14.5. The SMILES string of the molecule is Cc1oc(CN(C)C(=O)c2cc(C3CC3)n(C(C)(C)C)n2)cc1C(=O)O. The molecule has 140 valence electrons. The molecule has 2 aromatic rings. The lowest BCUT2D eigenvalue weighted by Crippen LogP contribution is -2.28. The maximum absolute atomic E-state index is 12.8. The van der Waals surface area contributed by atoms with E-state index in [1.54, 1.807) is 14.0 Å². The van der Waals surface area contributed by atoms with Crippen LogP contribution in [0.15, 0.2) is 16.5 Å². The maximum Gasteiger partial charge on any atom is 0.339 e. The zero-order valence-electron chi connectivity index (χ0n) is 15.9. The Bertz CT molecular complexity index is 853. The van der Waals surface area contributed by atoms with Crippen molar-refractivity contribution in [1.82, 2.24) is 14.7 Å². The second-order valence-electron chi connectivity index (χ2n) is 7.96. The lowest BCUT2D eigenvalue weighted by molar-refractivity contribution is 0.0694. The van der Waals surface area contributed by atoms with Crippen LogP contribution in [0.4, 0.5) is 0 Å². The fourth-order valence-corrected chi connectivity index (χ4v) is 3.04. The number of carbonyl (C=O) groups excluding carboxylic acids is 1. The fraction of sp³-hybridized carbons (Fsp3) is 0.526. The van der Waals surface area contributed by atoms with Crippen LogP contribution in [0.1, 0.15) is 77.6 Å². The van der Waals surface area contributed by atoms with Crippen LogP contribution in [0.3, 0.4) is 0 Å². The second kappa shape index (κ2) is 6.30. The highest BCUT2D eigenvalue weighted by Crippen LogP contribution is 2.41. The van der Waals surface area contributed by atoms with Crippen LogP contribution >= 0.6 is 0 Å². The van der Waals surface area contributed by atoms with Gasteiger partial charge in [0.1, 0.15) is 17.1 Å². The zero-order chi connectivity index (χ0) is 19.2. The van der Waals surface area contributed by atoms with Crippen LogP contribution in [0.5, 0.6) is 0 Å². The second-order valence-corrected chi connectivity index (χ2v) is 7.96. The number of aromatic carboxylic acids is 1. The van der Waals surface area contributed by atoms with Gasteiger partial charge in [-0.3, -0.25) is 9.48 Å². The summed E-state index contributed by atoms with van der Waals surface area (Å²) in [7, 11) is 1.66. The number of nitrogens with zero attached hydrogens (tertiary/aromatic N) is 3. The summed E-state index contributed by atoms with van der Waals surface area (Å²) >= 11 is 0. The number of aromatic nitrogens is 2. The molecular weight excluding hydrogens is 334 g/mol. The molecule has 0 aromatic carbocycles. The average molecular weight is 359 g/mol. The van der Waals surface area contributed by atoms with E-state index in [2.05, 4.69) is 25.9 Å². The lowest BCUT2D eigenvalue weighted by Gasteiger charge is -2.22. The van der Waals surface area contributed by atoms with Crippen molar-refractivity contribution in [3.63, 3.8) is 0 Å². The number of hydrogen-bond acceptors (Lipinski definition) is 4. The highest BCUT2D eigenvalue weighted by atomic mass is 16.4. The summed E-state index contributed by atoms with van der Waals surface area (Å²) in [5, 5.41) is 13.7. The molecule has 2 heterocycles. The molecular formula is C19H25N3O4. The van der Waals surface area contributed by atoms with Gasteiger partial charge < -0.3 is 14.4 Å². The van der Waals surface area contributed by atoms with Gasteiger partial charge in [0, 0.05) is 18.7 Å². The van der Waals surface area contributed by atoms with E-state index in [1.165, 1.54) is 11.0 Å². The van der Waals surface area contributed by atoms with Gasteiger partial charge in [0.05, 0.1) is 12.1 Å². The molecule has 1 aliphatic carbocycles. The number of rotatable bonds is 5. The number of hydrogen-bond donors (Lipinski definition) is 1. The van der Waals surface area contributed by atoms with Crippen molar-refractivity contribution in [3.05, 3.63) is 40.6 Å². The third kappa shape index (κ3) is 3.52. The average Bonchev–Trinajstić information content (AvgIpc) is 3.16. The van der Waals surface area contributed by atoms with Crippen molar-refractivity contribution >= 4 is 11.9 Å². The van der Waals surface area contributed by atoms with Gasteiger partial charge in [0.15, 0.2) is 5.69 Å². The van der Waals surface area contributed by atoms with Crippen LogP contribution in [-0.2, 0) is 12.1 Å². The molecule has 0 saturated heterocycles. The molecule has 26 heavy (non-hydrogen) atoms. The number of carboxylic acids is 1. The molecule has 7 heteroatoms. The van der Waals surface area contributed by atoms with E-state index < -0.39 is 5.97 Å². The summed E-state index contributed by atoms with van der Waals surface area (Å²) in [4.78, 5) is 25.4. The summed E-state index contributed by atoms with van der Waals surface area (Å²) in [6, 6.07) is 3.35. The quantitative estimate of drug-likeness (QED) is 0.884. The van der Waals surface area contributed by atoms with E-state index in [1.807, 2.05) is 10.7 Å².